The van der Waals surface area contributed by atoms with E-state index in [9.17, 15) is 0 Å². The van der Waals surface area contributed by atoms with Crippen LogP contribution in [0.3, 0.4) is 0 Å². The van der Waals surface area contributed by atoms with Gasteiger partial charge in [0.15, 0.2) is 0 Å². The van der Waals surface area contributed by atoms with E-state index in [0.29, 0.717) is 0 Å². The number of hydrogen-bond acceptors (Lipinski definition) is 1. The van der Waals surface area contributed by atoms with E-state index in [2.05, 4.69) is 183 Å². The van der Waals surface area contributed by atoms with Gasteiger partial charge in [0.05, 0.1) is 0 Å². The first-order chi connectivity index (χ1) is 23.1. The summed E-state index contributed by atoms with van der Waals surface area (Å²) < 4.78 is 0. The van der Waals surface area contributed by atoms with Crippen LogP contribution in [0.2, 0.25) is 0 Å². The molecule has 0 aromatic heterocycles. The molecule has 0 spiro atoms. The molecule has 1 nitrogen and oxygen atoms in total. The van der Waals surface area contributed by atoms with E-state index in [-0.39, 0.29) is 0 Å². The summed E-state index contributed by atoms with van der Waals surface area (Å²) in [6.45, 7) is 2.14. The van der Waals surface area contributed by atoms with E-state index in [1.54, 1.807) is 0 Å². The molecule has 0 atom stereocenters. The fourth-order valence-electron chi connectivity index (χ4n) is 6.68. The number of nitrogens with zero attached hydrogens (tertiary/aromatic N) is 1. The Morgan fingerprint density at radius 1 is 0.340 bits per heavy atom. The lowest BCUT2D eigenvalue weighted by atomic mass is 9.86. The summed E-state index contributed by atoms with van der Waals surface area (Å²) in [7, 11) is 2.15. The summed E-state index contributed by atoms with van der Waals surface area (Å²) >= 11 is 0. The van der Waals surface area contributed by atoms with Crippen LogP contribution in [-0.2, 0) is 12.8 Å². The van der Waals surface area contributed by atoms with Crippen molar-refractivity contribution in [3.63, 3.8) is 0 Å². The minimum Gasteiger partial charge on any atom is -0.345 e. The van der Waals surface area contributed by atoms with Crippen molar-refractivity contribution in [3.8, 4) is 55.6 Å². The van der Waals surface area contributed by atoms with E-state index in [4.69, 9.17) is 0 Å². The Bertz CT molecular complexity index is 2190. The molecule has 7 aromatic rings. The van der Waals surface area contributed by atoms with E-state index in [1.165, 1.54) is 90.9 Å². The fourth-order valence-corrected chi connectivity index (χ4v) is 6.68. The molecule has 0 aliphatic heterocycles. The average molecular weight is 604 g/mol. The Morgan fingerprint density at radius 2 is 0.809 bits per heavy atom. The van der Waals surface area contributed by atoms with E-state index < -0.39 is 0 Å². The van der Waals surface area contributed by atoms with Crippen LogP contribution in [-0.4, -0.2) is 7.05 Å². The largest absolute Gasteiger partial charge is 0.345 e. The molecule has 7 aromatic carbocycles. The fraction of sp³-hybridized carbons (Fsp3) is 0.0870. The molecule has 0 unspecified atom stereocenters. The van der Waals surface area contributed by atoms with Gasteiger partial charge in [-0.15, -0.1) is 0 Å². The van der Waals surface area contributed by atoms with E-state index >= 15 is 0 Å². The zero-order valence-electron chi connectivity index (χ0n) is 26.9. The molecule has 0 saturated carbocycles. The van der Waals surface area contributed by atoms with Gasteiger partial charge in [-0.05, 0) is 135 Å². The molecule has 8 rings (SSSR count). The predicted octanol–water partition coefficient (Wildman–Crippen LogP) is 12.2. The van der Waals surface area contributed by atoms with Gasteiger partial charge in [0, 0.05) is 18.4 Å². The Morgan fingerprint density at radius 3 is 1.45 bits per heavy atom. The Hall–Kier alpha value is -5.66. The summed E-state index contributed by atoms with van der Waals surface area (Å²) in [5, 5.41) is 0. The maximum atomic E-state index is 2.36. The highest BCUT2D eigenvalue weighted by molar-refractivity contribution is 5.83. The molecule has 1 aliphatic rings. The zero-order valence-corrected chi connectivity index (χ0v) is 26.9. The molecule has 0 saturated heterocycles. The van der Waals surface area contributed by atoms with Crippen molar-refractivity contribution in [1.29, 1.82) is 0 Å². The first-order valence-corrected chi connectivity index (χ1v) is 16.5. The summed E-state index contributed by atoms with van der Waals surface area (Å²) in [5.74, 6) is 0. The lowest BCUT2D eigenvalue weighted by molar-refractivity contribution is 0.840. The maximum Gasteiger partial charge on any atom is 0.0414 e. The van der Waals surface area contributed by atoms with Gasteiger partial charge >= 0.3 is 0 Å². The molecule has 0 fully saturated rings. The minimum absolute atomic E-state index is 1.16. The second-order valence-corrected chi connectivity index (χ2v) is 12.8. The SMILES string of the molecule is Cc1ccc(-c2cc(-c3ccc(N(C)c4cccc(-c5ccc6c(c5)CC6)c4)cc3)cc(-c3cccc(-c4ccccc4)c3)c2)cc1. The van der Waals surface area contributed by atoms with Crippen LogP contribution in [0.5, 0.6) is 0 Å². The quantitative estimate of drug-likeness (QED) is 0.175. The van der Waals surface area contributed by atoms with Crippen LogP contribution in [0.1, 0.15) is 16.7 Å². The number of aryl methyl sites for hydroxylation is 3. The van der Waals surface area contributed by atoms with Gasteiger partial charge in [0.1, 0.15) is 0 Å². The Labute approximate surface area is 278 Å². The van der Waals surface area contributed by atoms with Crippen LogP contribution in [0.25, 0.3) is 55.6 Å². The van der Waals surface area contributed by atoms with Crippen molar-refractivity contribution >= 4 is 11.4 Å². The number of anilines is 2. The molecule has 0 radical (unpaired) electrons. The molecule has 0 N–H and O–H groups in total. The third kappa shape index (κ3) is 5.89. The van der Waals surface area contributed by atoms with Gasteiger partial charge < -0.3 is 4.90 Å². The molecular weight excluding hydrogens is 567 g/mol. The third-order valence-corrected chi connectivity index (χ3v) is 9.65. The van der Waals surface area contributed by atoms with Crippen molar-refractivity contribution in [2.45, 2.75) is 19.8 Å². The smallest absolute Gasteiger partial charge is 0.0414 e. The van der Waals surface area contributed by atoms with Crippen molar-refractivity contribution < 1.29 is 0 Å². The summed E-state index contributed by atoms with van der Waals surface area (Å²) in [4.78, 5) is 2.28. The number of benzene rings is 7. The van der Waals surface area contributed by atoms with Crippen molar-refractivity contribution in [1.82, 2.24) is 0 Å². The van der Waals surface area contributed by atoms with Crippen molar-refractivity contribution in [2.75, 3.05) is 11.9 Å². The van der Waals surface area contributed by atoms with Crippen LogP contribution < -0.4 is 4.90 Å². The minimum atomic E-state index is 1.16. The van der Waals surface area contributed by atoms with Crippen molar-refractivity contribution in [3.05, 3.63) is 180 Å². The summed E-state index contributed by atoms with van der Waals surface area (Å²) in [5.41, 5.74) is 18.9. The molecular formula is C46H37N. The van der Waals surface area contributed by atoms with E-state index in [1.807, 2.05) is 0 Å². The average Bonchev–Trinajstić information content (AvgIpc) is 3.12. The molecule has 0 bridgehead atoms. The predicted molar refractivity (Wildman–Crippen MR) is 200 cm³/mol. The highest BCUT2D eigenvalue weighted by atomic mass is 15.1. The van der Waals surface area contributed by atoms with Gasteiger partial charge in [-0.3, -0.25) is 0 Å². The second kappa shape index (κ2) is 12.3. The first kappa shape index (κ1) is 28.8. The maximum absolute atomic E-state index is 2.36. The molecule has 1 aliphatic carbocycles. The highest BCUT2D eigenvalue weighted by Gasteiger charge is 2.14. The van der Waals surface area contributed by atoms with Crippen LogP contribution in [0.15, 0.2) is 164 Å². The van der Waals surface area contributed by atoms with Gasteiger partial charge in [-0.1, -0.05) is 121 Å². The molecule has 1 heteroatoms. The topological polar surface area (TPSA) is 3.24 Å². The van der Waals surface area contributed by atoms with E-state index in [0.717, 1.165) is 5.69 Å². The van der Waals surface area contributed by atoms with Gasteiger partial charge in [0.2, 0.25) is 0 Å². The third-order valence-electron chi connectivity index (χ3n) is 9.65. The van der Waals surface area contributed by atoms with Gasteiger partial charge in [-0.25, -0.2) is 0 Å². The highest BCUT2D eigenvalue weighted by Crippen LogP contribution is 2.36. The van der Waals surface area contributed by atoms with Crippen LogP contribution in [0.4, 0.5) is 11.4 Å². The lowest BCUT2D eigenvalue weighted by Gasteiger charge is -2.22. The van der Waals surface area contributed by atoms with Gasteiger partial charge in [-0.2, -0.15) is 0 Å². The number of fused-ring (bicyclic) bond motifs is 1. The summed E-state index contributed by atoms with van der Waals surface area (Å²) in [6.07, 6.45) is 2.41. The van der Waals surface area contributed by atoms with Crippen molar-refractivity contribution in [2.24, 2.45) is 0 Å². The number of hydrogen-bond donors (Lipinski definition) is 0. The normalized spacial score (nSPS) is 11.9. The molecule has 0 heterocycles. The summed E-state index contributed by atoms with van der Waals surface area (Å²) in [6, 6.07) is 60.1. The van der Waals surface area contributed by atoms with Crippen LogP contribution >= 0.6 is 0 Å². The zero-order chi connectivity index (χ0) is 31.7. The molecule has 47 heavy (non-hydrogen) atoms. The Balaban J connectivity index is 1.13. The standard InChI is InChI=1S/C46H37N/c1-32-14-16-35(17-15-32)42-28-43(30-44(29-42)38-11-6-10-37(26-38)33-8-4-3-5-9-33)36-22-24-45(25-23-36)47(2)46-13-7-12-39(31-46)41-21-19-34-18-20-40(34)27-41/h3-17,19,21-31H,18,20H2,1-2H3. The number of rotatable bonds is 7. The second-order valence-electron chi connectivity index (χ2n) is 12.8. The lowest BCUT2D eigenvalue weighted by Crippen LogP contribution is -2.09. The Kier molecular flexibility index (Phi) is 7.51. The first-order valence-electron chi connectivity index (χ1n) is 16.5. The molecule has 0 amide bonds. The van der Waals surface area contributed by atoms with Gasteiger partial charge in [0.25, 0.3) is 0 Å². The van der Waals surface area contributed by atoms with Crippen LogP contribution in [0, 0.1) is 6.92 Å². The molecule has 226 valence electrons. The monoisotopic (exact) mass is 603 g/mol.